The highest BCUT2D eigenvalue weighted by Gasteiger charge is 2.01. The monoisotopic (exact) mass is 226 g/mol. The number of hydrogen-bond acceptors (Lipinski definition) is 0. The van der Waals surface area contributed by atoms with Crippen molar-refractivity contribution in [3.8, 4) is 0 Å². The van der Waals surface area contributed by atoms with E-state index in [0.29, 0.717) is 12.8 Å². The molecule has 0 fully saturated rings. The van der Waals surface area contributed by atoms with E-state index in [-0.39, 0.29) is 0 Å². The second-order valence-electron chi connectivity index (χ2n) is 4.09. The fourth-order valence-corrected chi connectivity index (χ4v) is 1.86. The van der Waals surface area contributed by atoms with Crippen molar-refractivity contribution in [3.05, 3.63) is 83.7 Å². The summed E-state index contributed by atoms with van der Waals surface area (Å²) in [6, 6.07) is 20.0. The molecule has 0 radical (unpaired) electrons. The van der Waals surface area contributed by atoms with Crippen LogP contribution in [0.25, 0.3) is 0 Å². The van der Waals surface area contributed by atoms with E-state index in [0.717, 1.165) is 23.0 Å². The van der Waals surface area contributed by atoms with Gasteiger partial charge in [-0.25, -0.2) is 4.39 Å². The molecule has 17 heavy (non-hydrogen) atoms. The molecule has 0 aliphatic rings. The van der Waals surface area contributed by atoms with E-state index in [9.17, 15) is 4.39 Å². The van der Waals surface area contributed by atoms with Crippen LogP contribution in [-0.2, 0) is 12.8 Å². The molecule has 0 saturated carbocycles. The summed E-state index contributed by atoms with van der Waals surface area (Å²) < 4.78 is 12.9. The zero-order valence-electron chi connectivity index (χ0n) is 9.64. The molecule has 2 aromatic rings. The van der Waals surface area contributed by atoms with Gasteiger partial charge >= 0.3 is 0 Å². The van der Waals surface area contributed by atoms with Crippen LogP contribution in [0.5, 0.6) is 0 Å². The molecule has 0 saturated heterocycles. The van der Waals surface area contributed by atoms with Crippen molar-refractivity contribution in [3.63, 3.8) is 0 Å². The molecule has 0 amide bonds. The van der Waals surface area contributed by atoms with Gasteiger partial charge in [0, 0.05) is 0 Å². The summed E-state index contributed by atoms with van der Waals surface area (Å²) in [6.45, 7) is 0. The van der Waals surface area contributed by atoms with Crippen molar-refractivity contribution in [2.75, 3.05) is 0 Å². The number of allylic oxidation sites excluding steroid dienone is 1. The highest BCUT2D eigenvalue weighted by Crippen LogP contribution is 2.14. The first-order valence-electron chi connectivity index (χ1n) is 5.74. The maximum atomic E-state index is 12.9. The molecule has 0 aliphatic heterocycles. The molecule has 0 spiro atoms. The molecule has 2 rings (SSSR count). The largest absolute Gasteiger partial charge is 0.216 e. The topological polar surface area (TPSA) is 0 Å². The minimum atomic E-state index is 0.673. The van der Waals surface area contributed by atoms with Crippen LogP contribution < -0.4 is 0 Å². The number of halogens is 1. The molecule has 0 nitrogen and oxygen atoms in total. The van der Waals surface area contributed by atoms with Gasteiger partial charge in [0.2, 0.25) is 0 Å². The van der Waals surface area contributed by atoms with E-state index < -0.39 is 0 Å². The lowest BCUT2D eigenvalue weighted by Crippen LogP contribution is -1.94. The van der Waals surface area contributed by atoms with E-state index in [4.69, 9.17) is 0 Å². The Morgan fingerprint density at radius 3 is 1.53 bits per heavy atom. The number of rotatable bonds is 4. The van der Waals surface area contributed by atoms with E-state index >= 15 is 0 Å². The van der Waals surface area contributed by atoms with Gasteiger partial charge in [0.05, 0.1) is 6.33 Å². The molecule has 0 aromatic heterocycles. The summed E-state index contributed by atoms with van der Waals surface area (Å²) in [6.07, 6.45) is 2.08. The van der Waals surface area contributed by atoms with Crippen molar-refractivity contribution in [2.45, 2.75) is 12.8 Å². The van der Waals surface area contributed by atoms with Crippen LogP contribution in [0.1, 0.15) is 11.1 Å². The first kappa shape index (κ1) is 11.6. The Morgan fingerprint density at radius 2 is 1.18 bits per heavy atom. The standard InChI is InChI=1S/C16H15F/c17-13-16(11-14-7-3-1-4-8-14)12-15-9-5-2-6-10-15/h1-10,13H,11-12H2. The van der Waals surface area contributed by atoms with Gasteiger partial charge in [0.1, 0.15) is 0 Å². The Labute approximate surface area is 101 Å². The lowest BCUT2D eigenvalue weighted by molar-refractivity contribution is 0.698. The SMILES string of the molecule is FC=C(Cc1ccccc1)Cc1ccccc1. The number of hydrogen-bond donors (Lipinski definition) is 0. The van der Waals surface area contributed by atoms with Crippen LogP contribution in [0.15, 0.2) is 72.6 Å². The summed E-state index contributed by atoms with van der Waals surface area (Å²) in [5.41, 5.74) is 3.10. The summed E-state index contributed by atoms with van der Waals surface area (Å²) in [5.74, 6) is 0. The van der Waals surface area contributed by atoms with Crippen molar-refractivity contribution < 1.29 is 4.39 Å². The summed E-state index contributed by atoms with van der Waals surface area (Å²) in [4.78, 5) is 0. The Balaban J connectivity index is 2.04. The van der Waals surface area contributed by atoms with Crippen molar-refractivity contribution in [1.29, 1.82) is 0 Å². The quantitative estimate of drug-likeness (QED) is 0.728. The predicted molar refractivity (Wildman–Crippen MR) is 69.5 cm³/mol. The first-order valence-corrected chi connectivity index (χ1v) is 5.74. The third kappa shape index (κ3) is 3.56. The van der Waals surface area contributed by atoms with Crippen LogP contribution in [0.2, 0.25) is 0 Å². The van der Waals surface area contributed by atoms with E-state index in [1.807, 2.05) is 60.7 Å². The molecule has 0 N–H and O–H groups in total. The highest BCUT2D eigenvalue weighted by atomic mass is 19.1. The fourth-order valence-electron chi connectivity index (χ4n) is 1.86. The van der Waals surface area contributed by atoms with Gasteiger partial charge in [-0.2, -0.15) is 0 Å². The minimum Gasteiger partial charge on any atom is -0.216 e. The smallest absolute Gasteiger partial charge is 0.0865 e. The van der Waals surface area contributed by atoms with Crippen molar-refractivity contribution >= 4 is 0 Å². The second-order valence-corrected chi connectivity index (χ2v) is 4.09. The molecule has 0 atom stereocenters. The van der Waals surface area contributed by atoms with E-state index in [1.54, 1.807) is 0 Å². The Morgan fingerprint density at radius 1 is 0.765 bits per heavy atom. The van der Waals surface area contributed by atoms with Gasteiger partial charge in [-0.1, -0.05) is 60.7 Å². The molecule has 2 aromatic carbocycles. The normalized spacial score (nSPS) is 9.94. The van der Waals surface area contributed by atoms with Gasteiger partial charge in [-0.05, 0) is 29.5 Å². The minimum absolute atomic E-state index is 0.673. The fraction of sp³-hybridized carbons (Fsp3) is 0.125. The zero-order valence-corrected chi connectivity index (χ0v) is 9.64. The molecular formula is C16H15F. The van der Waals surface area contributed by atoms with Crippen LogP contribution in [0.3, 0.4) is 0 Å². The molecular weight excluding hydrogens is 211 g/mol. The maximum Gasteiger partial charge on any atom is 0.0865 e. The average molecular weight is 226 g/mol. The third-order valence-corrected chi connectivity index (χ3v) is 2.70. The Bertz CT molecular complexity index is 428. The maximum absolute atomic E-state index is 12.9. The van der Waals surface area contributed by atoms with E-state index in [1.165, 1.54) is 0 Å². The molecule has 0 heterocycles. The molecule has 0 aliphatic carbocycles. The predicted octanol–water partition coefficient (Wildman–Crippen LogP) is 4.33. The van der Waals surface area contributed by atoms with Gasteiger partial charge < -0.3 is 0 Å². The van der Waals surface area contributed by atoms with Gasteiger partial charge in [0.25, 0.3) is 0 Å². The lowest BCUT2D eigenvalue weighted by Gasteiger charge is -2.06. The lowest BCUT2D eigenvalue weighted by atomic mass is 10.00. The van der Waals surface area contributed by atoms with E-state index in [2.05, 4.69) is 0 Å². The van der Waals surface area contributed by atoms with Gasteiger partial charge in [0.15, 0.2) is 0 Å². The summed E-state index contributed by atoms with van der Waals surface area (Å²) >= 11 is 0. The van der Waals surface area contributed by atoms with Crippen LogP contribution in [0, 0.1) is 0 Å². The second kappa shape index (κ2) is 6.00. The third-order valence-electron chi connectivity index (χ3n) is 2.70. The average Bonchev–Trinajstić information content (AvgIpc) is 2.40. The molecule has 0 bridgehead atoms. The summed E-state index contributed by atoms with van der Waals surface area (Å²) in [7, 11) is 0. The molecule has 86 valence electrons. The molecule has 1 heteroatoms. The number of benzene rings is 2. The zero-order chi connectivity index (χ0) is 11.9. The van der Waals surface area contributed by atoms with Crippen molar-refractivity contribution in [1.82, 2.24) is 0 Å². The Kier molecular flexibility index (Phi) is 4.09. The first-order chi connectivity index (χ1) is 8.38. The van der Waals surface area contributed by atoms with Crippen molar-refractivity contribution in [2.24, 2.45) is 0 Å². The van der Waals surface area contributed by atoms with Gasteiger partial charge in [-0.15, -0.1) is 0 Å². The Hall–Kier alpha value is -1.89. The van der Waals surface area contributed by atoms with Crippen LogP contribution in [0.4, 0.5) is 4.39 Å². The van der Waals surface area contributed by atoms with Gasteiger partial charge in [-0.3, -0.25) is 0 Å². The highest BCUT2D eigenvalue weighted by molar-refractivity contribution is 5.26. The molecule has 0 unspecified atom stereocenters. The van der Waals surface area contributed by atoms with Crippen LogP contribution >= 0.6 is 0 Å². The summed E-state index contributed by atoms with van der Waals surface area (Å²) in [5, 5.41) is 0. The van der Waals surface area contributed by atoms with Crippen LogP contribution in [-0.4, -0.2) is 0 Å².